The molecule has 0 radical (unpaired) electrons. The Bertz CT molecular complexity index is 463. The summed E-state index contributed by atoms with van der Waals surface area (Å²) in [5.74, 6) is 0.569. The average molecular weight is 252 g/mol. The molecule has 2 aromatic heterocycles. The van der Waals surface area contributed by atoms with E-state index >= 15 is 0 Å². The third-order valence-corrected chi connectivity index (χ3v) is 2.77. The molecule has 0 saturated carbocycles. The van der Waals surface area contributed by atoms with Gasteiger partial charge in [0, 0.05) is 24.3 Å². The standard InChI is InChI=1S/C10H12N4O2S/c1-16-8-3-2-4-11-9(8)7(15)5-12-10-13-6-14-17-10/h2-4,6-7,15H,5H2,1H3,(H,12,13,14). The normalized spacial score (nSPS) is 12.1. The van der Waals surface area contributed by atoms with Crippen molar-refractivity contribution in [2.75, 3.05) is 19.0 Å². The van der Waals surface area contributed by atoms with E-state index < -0.39 is 6.10 Å². The van der Waals surface area contributed by atoms with Crippen LogP contribution in [0.4, 0.5) is 5.13 Å². The van der Waals surface area contributed by atoms with Gasteiger partial charge in [-0.3, -0.25) is 4.98 Å². The number of rotatable bonds is 5. The summed E-state index contributed by atoms with van der Waals surface area (Å²) < 4.78 is 8.98. The van der Waals surface area contributed by atoms with Gasteiger partial charge >= 0.3 is 0 Å². The third-order valence-electron chi connectivity index (χ3n) is 2.14. The van der Waals surface area contributed by atoms with Crippen molar-refractivity contribution in [1.82, 2.24) is 14.3 Å². The van der Waals surface area contributed by atoms with Crippen LogP contribution in [0.3, 0.4) is 0 Å². The smallest absolute Gasteiger partial charge is 0.202 e. The van der Waals surface area contributed by atoms with Crippen molar-refractivity contribution in [3.8, 4) is 5.75 Å². The predicted octanol–water partition coefficient (Wildman–Crippen LogP) is 1.09. The van der Waals surface area contributed by atoms with Gasteiger partial charge in [-0.1, -0.05) is 0 Å². The van der Waals surface area contributed by atoms with Gasteiger partial charge in [0.25, 0.3) is 0 Å². The molecular formula is C10H12N4O2S. The van der Waals surface area contributed by atoms with Crippen molar-refractivity contribution in [2.45, 2.75) is 6.10 Å². The number of aliphatic hydroxyl groups excluding tert-OH is 1. The molecule has 0 aliphatic rings. The van der Waals surface area contributed by atoms with E-state index in [2.05, 4.69) is 19.7 Å². The van der Waals surface area contributed by atoms with Crippen molar-refractivity contribution >= 4 is 16.7 Å². The lowest BCUT2D eigenvalue weighted by Gasteiger charge is -2.13. The first-order valence-corrected chi connectivity index (χ1v) is 5.76. The number of aliphatic hydroxyl groups is 1. The average Bonchev–Trinajstić information content (AvgIpc) is 2.89. The zero-order valence-electron chi connectivity index (χ0n) is 9.20. The van der Waals surface area contributed by atoms with Crippen LogP contribution in [-0.2, 0) is 0 Å². The van der Waals surface area contributed by atoms with Crippen LogP contribution >= 0.6 is 11.5 Å². The van der Waals surface area contributed by atoms with Crippen molar-refractivity contribution in [3.63, 3.8) is 0 Å². The molecule has 1 atom stereocenters. The SMILES string of the molecule is COc1cccnc1C(O)CNc1ncns1. The molecule has 0 aromatic carbocycles. The van der Waals surface area contributed by atoms with Gasteiger partial charge in [-0.05, 0) is 12.1 Å². The van der Waals surface area contributed by atoms with Crippen LogP contribution in [0.5, 0.6) is 5.75 Å². The molecule has 2 heterocycles. The largest absolute Gasteiger partial charge is 0.495 e. The summed E-state index contributed by atoms with van der Waals surface area (Å²) >= 11 is 1.24. The van der Waals surface area contributed by atoms with Gasteiger partial charge in [-0.2, -0.15) is 4.37 Å². The van der Waals surface area contributed by atoms with E-state index in [0.717, 1.165) is 0 Å². The zero-order valence-corrected chi connectivity index (χ0v) is 10.0. The van der Waals surface area contributed by atoms with Crippen molar-refractivity contribution < 1.29 is 9.84 Å². The van der Waals surface area contributed by atoms with Crippen LogP contribution in [0, 0.1) is 0 Å². The molecule has 0 saturated heterocycles. The van der Waals surface area contributed by atoms with E-state index in [0.29, 0.717) is 23.1 Å². The van der Waals surface area contributed by atoms with E-state index in [1.807, 2.05) is 0 Å². The number of pyridine rings is 1. The van der Waals surface area contributed by atoms with Crippen LogP contribution in [0.1, 0.15) is 11.8 Å². The maximum absolute atomic E-state index is 9.98. The lowest BCUT2D eigenvalue weighted by atomic mass is 10.2. The summed E-state index contributed by atoms with van der Waals surface area (Å²) in [6.07, 6.45) is 2.32. The Hall–Kier alpha value is -1.73. The Balaban J connectivity index is 2.01. The van der Waals surface area contributed by atoms with Crippen LogP contribution in [0.15, 0.2) is 24.7 Å². The minimum atomic E-state index is -0.755. The van der Waals surface area contributed by atoms with E-state index in [1.54, 1.807) is 25.4 Å². The van der Waals surface area contributed by atoms with Gasteiger partial charge in [0.05, 0.1) is 7.11 Å². The number of ether oxygens (including phenoxy) is 1. The minimum absolute atomic E-state index is 0.308. The van der Waals surface area contributed by atoms with Crippen molar-refractivity contribution in [3.05, 3.63) is 30.4 Å². The highest BCUT2D eigenvalue weighted by atomic mass is 32.1. The maximum Gasteiger partial charge on any atom is 0.202 e. The molecule has 0 bridgehead atoms. The molecule has 2 rings (SSSR count). The molecule has 0 aliphatic carbocycles. The number of methoxy groups -OCH3 is 1. The number of aromatic nitrogens is 3. The highest BCUT2D eigenvalue weighted by Crippen LogP contribution is 2.22. The summed E-state index contributed by atoms with van der Waals surface area (Å²) in [7, 11) is 1.55. The number of nitrogens with one attached hydrogen (secondary N) is 1. The van der Waals surface area contributed by atoms with Crippen molar-refractivity contribution in [1.29, 1.82) is 0 Å². The first-order chi connectivity index (χ1) is 8.31. The zero-order chi connectivity index (χ0) is 12.1. The molecule has 0 aliphatic heterocycles. The van der Waals surface area contributed by atoms with E-state index in [4.69, 9.17) is 4.74 Å². The summed E-state index contributed by atoms with van der Waals surface area (Å²) in [6.45, 7) is 0.308. The number of anilines is 1. The molecule has 90 valence electrons. The van der Waals surface area contributed by atoms with Crippen LogP contribution < -0.4 is 10.1 Å². The van der Waals surface area contributed by atoms with Gasteiger partial charge in [0.15, 0.2) is 0 Å². The van der Waals surface area contributed by atoms with Gasteiger partial charge in [-0.15, -0.1) is 0 Å². The molecule has 6 nitrogen and oxygen atoms in total. The second-order valence-corrected chi connectivity index (χ2v) is 4.01. The second kappa shape index (κ2) is 5.55. The van der Waals surface area contributed by atoms with E-state index in [1.165, 1.54) is 17.9 Å². The van der Waals surface area contributed by atoms with Crippen LogP contribution in [-0.4, -0.2) is 33.1 Å². The Kier molecular flexibility index (Phi) is 3.84. The molecule has 2 N–H and O–H groups in total. The molecule has 2 aromatic rings. The van der Waals surface area contributed by atoms with Gasteiger partial charge in [0.2, 0.25) is 5.13 Å². The predicted molar refractivity (Wildman–Crippen MR) is 64.1 cm³/mol. The van der Waals surface area contributed by atoms with E-state index in [-0.39, 0.29) is 0 Å². The van der Waals surface area contributed by atoms with E-state index in [9.17, 15) is 5.11 Å². The quantitative estimate of drug-likeness (QED) is 0.829. The lowest BCUT2D eigenvalue weighted by Crippen LogP contribution is -2.14. The fourth-order valence-electron chi connectivity index (χ4n) is 1.36. The summed E-state index contributed by atoms with van der Waals surface area (Å²) in [5, 5.41) is 13.6. The number of hydrogen-bond donors (Lipinski definition) is 2. The van der Waals surface area contributed by atoms with Gasteiger partial charge in [0.1, 0.15) is 23.9 Å². The fraction of sp³-hybridized carbons (Fsp3) is 0.300. The summed E-state index contributed by atoms with van der Waals surface area (Å²) in [6, 6.07) is 3.52. The Labute approximate surface area is 102 Å². The minimum Gasteiger partial charge on any atom is -0.495 e. The molecule has 1 unspecified atom stereocenters. The van der Waals surface area contributed by atoms with Crippen molar-refractivity contribution in [2.24, 2.45) is 0 Å². The third kappa shape index (κ3) is 2.89. The highest BCUT2D eigenvalue weighted by Gasteiger charge is 2.14. The highest BCUT2D eigenvalue weighted by molar-refractivity contribution is 7.09. The summed E-state index contributed by atoms with van der Waals surface area (Å²) in [5.41, 5.74) is 0.506. The Morgan fingerprint density at radius 2 is 2.41 bits per heavy atom. The first kappa shape index (κ1) is 11.7. The molecule has 0 fully saturated rings. The summed E-state index contributed by atoms with van der Waals surface area (Å²) in [4.78, 5) is 8.06. The van der Waals surface area contributed by atoms with Crippen LogP contribution in [0.2, 0.25) is 0 Å². The second-order valence-electron chi connectivity index (χ2n) is 3.23. The molecule has 17 heavy (non-hydrogen) atoms. The first-order valence-electron chi connectivity index (χ1n) is 4.98. The van der Waals surface area contributed by atoms with Gasteiger partial charge in [-0.25, -0.2) is 4.98 Å². The molecular weight excluding hydrogens is 240 g/mol. The maximum atomic E-state index is 9.98. The number of nitrogens with zero attached hydrogens (tertiary/aromatic N) is 3. The topological polar surface area (TPSA) is 80.2 Å². The van der Waals surface area contributed by atoms with Crippen LogP contribution in [0.25, 0.3) is 0 Å². The Morgan fingerprint density at radius 1 is 1.53 bits per heavy atom. The fourth-order valence-corrected chi connectivity index (χ4v) is 1.79. The van der Waals surface area contributed by atoms with Gasteiger partial charge < -0.3 is 15.2 Å². The molecule has 0 spiro atoms. The lowest BCUT2D eigenvalue weighted by molar-refractivity contribution is 0.181. The number of hydrogen-bond acceptors (Lipinski definition) is 7. The molecule has 7 heteroatoms. The Morgan fingerprint density at radius 3 is 3.12 bits per heavy atom. The monoisotopic (exact) mass is 252 g/mol. The molecule has 0 amide bonds.